The number of ether oxygens (including phenoxy) is 1. The van der Waals surface area contributed by atoms with Gasteiger partial charge in [-0.05, 0) is 37.5 Å². The smallest absolute Gasteiger partial charge is 0.0509 e. The Hall–Kier alpha value is -0.120. The van der Waals surface area contributed by atoms with Crippen LogP contribution in [-0.4, -0.2) is 19.3 Å². The number of rotatable bonds is 3. The Morgan fingerprint density at radius 1 is 0.882 bits per heavy atom. The minimum absolute atomic E-state index is 0.480. The highest BCUT2D eigenvalue weighted by Gasteiger charge is 2.30. The van der Waals surface area contributed by atoms with E-state index in [1.165, 1.54) is 57.8 Å². The van der Waals surface area contributed by atoms with Crippen LogP contribution >= 0.6 is 0 Å². The first-order valence-electron chi connectivity index (χ1n) is 7.45. The molecular weight excluding hydrogens is 212 g/mol. The lowest BCUT2D eigenvalue weighted by Gasteiger charge is -2.36. The molecule has 1 heterocycles. The van der Waals surface area contributed by atoms with Crippen molar-refractivity contribution in [3.63, 3.8) is 0 Å². The second-order valence-electron chi connectivity index (χ2n) is 5.77. The van der Waals surface area contributed by atoms with E-state index in [1.807, 2.05) is 0 Å². The van der Waals surface area contributed by atoms with Gasteiger partial charge in [0.15, 0.2) is 0 Å². The quantitative estimate of drug-likeness (QED) is 0.589. The molecule has 1 aliphatic heterocycles. The molecule has 1 saturated heterocycles. The van der Waals surface area contributed by atoms with Crippen LogP contribution in [0.25, 0.3) is 0 Å². The molecule has 3 nitrogen and oxygen atoms in total. The SMILES string of the molecule is NNC(C1CCCCCCC1)C1CCCOC1. The van der Waals surface area contributed by atoms with Gasteiger partial charge in [0, 0.05) is 12.6 Å². The monoisotopic (exact) mass is 240 g/mol. The van der Waals surface area contributed by atoms with E-state index in [0.29, 0.717) is 12.0 Å². The Balaban J connectivity index is 1.89. The Kier molecular flexibility index (Phi) is 5.75. The molecule has 0 aromatic rings. The van der Waals surface area contributed by atoms with Gasteiger partial charge in [0.05, 0.1) is 6.61 Å². The molecule has 2 rings (SSSR count). The third kappa shape index (κ3) is 3.94. The van der Waals surface area contributed by atoms with E-state index in [1.54, 1.807) is 0 Å². The molecule has 0 aromatic heterocycles. The van der Waals surface area contributed by atoms with Crippen molar-refractivity contribution in [2.24, 2.45) is 17.7 Å². The standard InChI is InChI=1S/C14H28N2O/c15-16-14(13-9-6-10-17-11-13)12-7-4-2-1-3-5-8-12/h12-14,16H,1-11,15H2. The number of hydrazine groups is 1. The molecule has 0 spiro atoms. The zero-order valence-electron chi connectivity index (χ0n) is 11.0. The highest BCUT2D eigenvalue weighted by molar-refractivity contribution is 4.84. The molecule has 1 saturated carbocycles. The maximum atomic E-state index is 5.82. The fourth-order valence-electron chi connectivity index (χ4n) is 3.55. The summed E-state index contributed by atoms with van der Waals surface area (Å²) >= 11 is 0. The third-order valence-electron chi connectivity index (χ3n) is 4.55. The summed E-state index contributed by atoms with van der Waals surface area (Å²) in [6.45, 7) is 1.85. The summed E-state index contributed by atoms with van der Waals surface area (Å²) in [5.74, 6) is 7.23. The summed E-state index contributed by atoms with van der Waals surface area (Å²) in [6, 6.07) is 0.480. The van der Waals surface area contributed by atoms with Crippen LogP contribution in [0.2, 0.25) is 0 Å². The van der Waals surface area contributed by atoms with E-state index in [2.05, 4.69) is 5.43 Å². The van der Waals surface area contributed by atoms with Gasteiger partial charge in [-0.25, -0.2) is 0 Å². The Labute approximate surface area is 105 Å². The molecule has 0 radical (unpaired) electrons. The average molecular weight is 240 g/mol. The largest absolute Gasteiger partial charge is 0.381 e. The highest BCUT2D eigenvalue weighted by Crippen LogP contribution is 2.30. The molecule has 2 aliphatic rings. The van der Waals surface area contributed by atoms with Crippen molar-refractivity contribution in [3.8, 4) is 0 Å². The highest BCUT2D eigenvalue weighted by atomic mass is 16.5. The van der Waals surface area contributed by atoms with Crippen LogP contribution in [0.4, 0.5) is 0 Å². The minimum Gasteiger partial charge on any atom is -0.381 e. The number of nitrogens with two attached hydrogens (primary N) is 1. The summed E-state index contributed by atoms with van der Waals surface area (Å²) in [7, 11) is 0. The Bertz CT molecular complexity index is 196. The maximum Gasteiger partial charge on any atom is 0.0509 e. The third-order valence-corrected chi connectivity index (χ3v) is 4.55. The molecular formula is C14H28N2O. The van der Waals surface area contributed by atoms with Crippen LogP contribution < -0.4 is 11.3 Å². The molecule has 3 N–H and O–H groups in total. The predicted molar refractivity (Wildman–Crippen MR) is 70.5 cm³/mol. The molecule has 100 valence electrons. The van der Waals surface area contributed by atoms with E-state index in [0.717, 1.165) is 19.1 Å². The van der Waals surface area contributed by atoms with E-state index >= 15 is 0 Å². The molecule has 0 aromatic carbocycles. The molecule has 0 amide bonds. The lowest BCUT2D eigenvalue weighted by atomic mass is 9.79. The number of nitrogens with one attached hydrogen (secondary N) is 1. The van der Waals surface area contributed by atoms with Crippen molar-refractivity contribution in [1.82, 2.24) is 5.43 Å². The lowest BCUT2D eigenvalue weighted by Crippen LogP contribution is -2.48. The van der Waals surface area contributed by atoms with Gasteiger partial charge in [-0.1, -0.05) is 32.1 Å². The van der Waals surface area contributed by atoms with E-state index in [-0.39, 0.29) is 0 Å². The molecule has 2 unspecified atom stereocenters. The second kappa shape index (κ2) is 7.34. The fraction of sp³-hybridized carbons (Fsp3) is 1.00. The lowest BCUT2D eigenvalue weighted by molar-refractivity contribution is 0.0257. The zero-order valence-corrected chi connectivity index (χ0v) is 11.0. The number of hydrogen-bond donors (Lipinski definition) is 2. The fourth-order valence-corrected chi connectivity index (χ4v) is 3.55. The van der Waals surface area contributed by atoms with Gasteiger partial charge in [-0.2, -0.15) is 0 Å². The van der Waals surface area contributed by atoms with Crippen LogP contribution in [0.3, 0.4) is 0 Å². The van der Waals surface area contributed by atoms with Crippen LogP contribution in [0.1, 0.15) is 57.8 Å². The topological polar surface area (TPSA) is 47.3 Å². The van der Waals surface area contributed by atoms with Crippen molar-refractivity contribution < 1.29 is 4.74 Å². The van der Waals surface area contributed by atoms with E-state index in [4.69, 9.17) is 10.6 Å². The van der Waals surface area contributed by atoms with Crippen molar-refractivity contribution >= 4 is 0 Å². The first-order chi connectivity index (χ1) is 8.42. The summed E-state index contributed by atoms with van der Waals surface area (Å²) in [4.78, 5) is 0. The van der Waals surface area contributed by atoms with Crippen molar-refractivity contribution in [3.05, 3.63) is 0 Å². The molecule has 2 fully saturated rings. The van der Waals surface area contributed by atoms with Crippen molar-refractivity contribution in [1.29, 1.82) is 0 Å². The van der Waals surface area contributed by atoms with Gasteiger partial charge in [-0.3, -0.25) is 11.3 Å². The van der Waals surface area contributed by atoms with Gasteiger partial charge in [-0.15, -0.1) is 0 Å². The maximum absolute atomic E-state index is 5.82. The predicted octanol–water partition coefficient (Wildman–Crippen LogP) is 2.61. The van der Waals surface area contributed by atoms with Gasteiger partial charge < -0.3 is 4.74 Å². The summed E-state index contributed by atoms with van der Waals surface area (Å²) in [6.07, 6.45) is 12.2. The van der Waals surface area contributed by atoms with Crippen LogP contribution in [0, 0.1) is 11.8 Å². The first kappa shape index (κ1) is 13.3. The van der Waals surface area contributed by atoms with Crippen molar-refractivity contribution in [2.75, 3.05) is 13.2 Å². The Morgan fingerprint density at radius 3 is 2.12 bits per heavy atom. The molecule has 2 atom stereocenters. The summed E-state index contributed by atoms with van der Waals surface area (Å²) in [5.41, 5.74) is 3.11. The van der Waals surface area contributed by atoms with Crippen LogP contribution in [0.15, 0.2) is 0 Å². The zero-order chi connectivity index (χ0) is 11.9. The summed E-state index contributed by atoms with van der Waals surface area (Å²) < 4.78 is 5.62. The van der Waals surface area contributed by atoms with Gasteiger partial charge in [0.25, 0.3) is 0 Å². The van der Waals surface area contributed by atoms with Crippen molar-refractivity contribution in [2.45, 2.75) is 63.8 Å². The summed E-state index contributed by atoms with van der Waals surface area (Å²) in [5, 5.41) is 0. The molecule has 0 bridgehead atoms. The molecule has 17 heavy (non-hydrogen) atoms. The normalized spacial score (nSPS) is 30.5. The second-order valence-corrected chi connectivity index (χ2v) is 5.77. The molecule has 3 heteroatoms. The first-order valence-corrected chi connectivity index (χ1v) is 7.45. The van der Waals surface area contributed by atoms with E-state index in [9.17, 15) is 0 Å². The van der Waals surface area contributed by atoms with Gasteiger partial charge in [0.2, 0.25) is 0 Å². The van der Waals surface area contributed by atoms with E-state index < -0.39 is 0 Å². The van der Waals surface area contributed by atoms with Gasteiger partial charge >= 0.3 is 0 Å². The van der Waals surface area contributed by atoms with Crippen LogP contribution in [0.5, 0.6) is 0 Å². The minimum atomic E-state index is 0.480. The average Bonchev–Trinajstić information content (AvgIpc) is 2.34. The van der Waals surface area contributed by atoms with Gasteiger partial charge in [0.1, 0.15) is 0 Å². The molecule has 1 aliphatic carbocycles. The Morgan fingerprint density at radius 2 is 1.53 bits per heavy atom. The van der Waals surface area contributed by atoms with Crippen LogP contribution in [-0.2, 0) is 4.74 Å². The number of hydrogen-bond acceptors (Lipinski definition) is 3.